The number of benzene rings is 1. The van der Waals surface area contributed by atoms with Gasteiger partial charge in [-0.3, -0.25) is 0 Å². The average Bonchev–Trinajstić information content (AvgIpc) is 3.12. The second-order valence-electron chi connectivity index (χ2n) is 10.9. The third-order valence-corrected chi connectivity index (χ3v) is 8.72. The molecule has 1 heterocycles. The van der Waals surface area contributed by atoms with Crippen LogP contribution in [0, 0.1) is 17.3 Å². The van der Waals surface area contributed by atoms with E-state index in [4.69, 9.17) is 14.0 Å². The van der Waals surface area contributed by atoms with Gasteiger partial charge in [-0.2, -0.15) is 0 Å². The molecule has 5 aliphatic rings. The SMILES string of the molecule is CC1(C)[C@@H]2C[C@H]3OB([C@H](Cc4ccccc4)NC(=O)OC4CCCCC4)O[C@@]3(C)[C@H]1C2. The van der Waals surface area contributed by atoms with E-state index >= 15 is 0 Å². The fraction of sp³-hybridized carbons (Fsp3) is 0.720. The minimum Gasteiger partial charge on any atom is -0.446 e. The van der Waals surface area contributed by atoms with Crippen LogP contribution in [0.2, 0.25) is 0 Å². The lowest BCUT2D eigenvalue weighted by molar-refractivity contribution is -0.199. The highest BCUT2D eigenvalue weighted by Crippen LogP contribution is 2.65. The Hall–Kier alpha value is -1.53. The van der Waals surface area contributed by atoms with Gasteiger partial charge in [-0.25, -0.2) is 4.79 Å². The molecule has 6 rings (SSSR count). The van der Waals surface area contributed by atoms with E-state index in [9.17, 15) is 4.79 Å². The van der Waals surface area contributed by atoms with E-state index in [2.05, 4.69) is 38.2 Å². The zero-order valence-electron chi connectivity index (χ0n) is 19.1. The van der Waals surface area contributed by atoms with Crippen molar-refractivity contribution in [1.29, 1.82) is 0 Å². The highest BCUT2D eigenvalue weighted by Gasteiger charge is 2.68. The molecule has 5 fully saturated rings. The average molecular weight is 425 g/mol. The van der Waals surface area contributed by atoms with Crippen LogP contribution in [-0.2, 0) is 20.5 Å². The zero-order valence-corrected chi connectivity index (χ0v) is 19.1. The minimum absolute atomic E-state index is 0.0321. The summed E-state index contributed by atoms with van der Waals surface area (Å²) in [5.41, 5.74) is 1.17. The van der Waals surface area contributed by atoms with Gasteiger partial charge in [0.1, 0.15) is 6.10 Å². The van der Waals surface area contributed by atoms with Crippen LogP contribution in [0.1, 0.15) is 71.3 Å². The second-order valence-corrected chi connectivity index (χ2v) is 10.9. The Labute approximate surface area is 186 Å². The molecule has 4 saturated carbocycles. The fourth-order valence-electron chi connectivity index (χ4n) is 6.67. The molecule has 4 aliphatic carbocycles. The molecule has 168 valence electrons. The Morgan fingerprint density at radius 3 is 2.61 bits per heavy atom. The third kappa shape index (κ3) is 3.91. The predicted octanol–water partition coefficient (Wildman–Crippen LogP) is 4.92. The summed E-state index contributed by atoms with van der Waals surface area (Å²) >= 11 is 0. The largest absolute Gasteiger partial charge is 0.482 e. The molecule has 31 heavy (non-hydrogen) atoms. The van der Waals surface area contributed by atoms with Gasteiger partial charge in [0.05, 0.1) is 17.6 Å². The predicted molar refractivity (Wildman–Crippen MR) is 121 cm³/mol. The van der Waals surface area contributed by atoms with Crippen molar-refractivity contribution in [2.24, 2.45) is 17.3 Å². The first-order valence-electron chi connectivity index (χ1n) is 12.2. The van der Waals surface area contributed by atoms with E-state index in [1.165, 1.54) is 12.8 Å². The first-order chi connectivity index (χ1) is 14.9. The Morgan fingerprint density at radius 2 is 1.90 bits per heavy atom. The maximum absolute atomic E-state index is 12.8. The number of hydrogen-bond acceptors (Lipinski definition) is 4. The summed E-state index contributed by atoms with van der Waals surface area (Å²) in [6.07, 6.45) is 8.15. The topological polar surface area (TPSA) is 56.8 Å². The van der Waals surface area contributed by atoms with Gasteiger partial charge in [0.2, 0.25) is 0 Å². The molecule has 6 heteroatoms. The quantitative estimate of drug-likeness (QED) is 0.681. The summed E-state index contributed by atoms with van der Waals surface area (Å²) in [6.45, 7) is 6.95. The van der Waals surface area contributed by atoms with Crippen molar-refractivity contribution in [3.8, 4) is 0 Å². The van der Waals surface area contributed by atoms with Crippen molar-refractivity contribution in [3.05, 3.63) is 35.9 Å². The number of carbonyl (C=O) groups excluding carboxylic acids is 1. The summed E-state index contributed by atoms with van der Waals surface area (Å²) in [4.78, 5) is 12.8. The normalized spacial score (nSPS) is 35.1. The van der Waals surface area contributed by atoms with Gasteiger partial charge in [0.25, 0.3) is 0 Å². The summed E-state index contributed by atoms with van der Waals surface area (Å²) in [5, 5.41) is 3.12. The molecule has 1 N–H and O–H groups in total. The molecule has 1 aromatic carbocycles. The summed E-state index contributed by atoms with van der Waals surface area (Å²) in [5.74, 6) is 0.927. The highest BCUT2D eigenvalue weighted by molar-refractivity contribution is 6.47. The van der Waals surface area contributed by atoms with Crippen molar-refractivity contribution in [1.82, 2.24) is 5.32 Å². The van der Waals surface area contributed by atoms with Gasteiger partial charge in [-0.05, 0) is 74.7 Å². The molecular weight excluding hydrogens is 389 g/mol. The van der Waals surface area contributed by atoms with Crippen molar-refractivity contribution in [2.45, 2.75) is 95.9 Å². The summed E-state index contributed by atoms with van der Waals surface area (Å²) in [6, 6.07) is 10.2. The van der Waals surface area contributed by atoms with Crippen LogP contribution in [0.25, 0.3) is 0 Å². The van der Waals surface area contributed by atoms with Gasteiger partial charge in [0.15, 0.2) is 0 Å². The second kappa shape index (κ2) is 8.11. The Balaban J connectivity index is 1.30. The van der Waals surface area contributed by atoms with Crippen LogP contribution in [0.15, 0.2) is 30.3 Å². The van der Waals surface area contributed by atoms with E-state index < -0.39 is 7.12 Å². The van der Waals surface area contributed by atoms with Gasteiger partial charge in [-0.1, -0.05) is 50.6 Å². The molecule has 0 radical (unpaired) electrons. The molecule has 1 amide bonds. The molecule has 5 nitrogen and oxygen atoms in total. The smallest absolute Gasteiger partial charge is 0.446 e. The van der Waals surface area contributed by atoms with E-state index in [1.807, 2.05) is 18.2 Å². The highest BCUT2D eigenvalue weighted by atomic mass is 16.7. The molecule has 0 spiro atoms. The van der Waals surface area contributed by atoms with E-state index in [0.29, 0.717) is 23.7 Å². The first-order valence-corrected chi connectivity index (χ1v) is 12.2. The minimum atomic E-state index is -0.454. The number of rotatable bonds is 5. The monoisotopic (exact) mass is 425 g/mol. The molecule has 1 saturated heterocycles. The number of alkyl carbamates (subject to hydrolysis) is 1. The van der Waals surface area contributed by atoms with Gasteiger partial charge in [-0.15, -0.1) is 0 Å². The maximum Gasteiger partial charge on any atom is 0.482 e. The van der Waals surface area contributed by atoms with Crippen molar-refractivity contribution in [3.63, 3.8) is 0 Å². The van der Waals surface area contributed by atoms with Gasteiger partial charge in [0, 0.05) is 0 Å². The van der Waals surface area contributed by atoms with Crippen molar-refractivity contribution in [2.75, 3.05) is 0 Å². The van der Waals surface area contributed by atoms with E-state index in [-0.39, 0.29) is 29.8 Å². The zero-order chi connectivity index (χ0) is 21.6. The van der Waals surface area contributed by atoms with E-state index in [1.54, 1.807) is 0 Å². The van der Waals surface area contributed by atoms with E-state index in [0.717, 1.165) is 37.7 Å². The number of ether oxygens (including phenoxy) is 1. The number of amides is 1. The lowest BCUT2D eigenvalue weighted by Gasteiger charge is -2.64. The standard InChI is InChI=1S/C25H36BNO4/c1-24(2)18-15-20(24)25(3)21(16-18)30-26(31-25)22(14-17-10-6-4-7-11-17)27-23(28)29-19-12-8-5-9-13-19/h4,6-7,10-11,18-22H,5,8-9,12-16H2,1-3H3,(H,27,28)/t18-,20-,21+,22-,25-/m0/s1. The van der Waals surface area contributed by atoms with Gasteiger partial charge < -0.3 is 19.4 Å². The van der Waals surface area contributed by atoms with Crippen LogP contribution in [0.5, 0.6) is 0 Å². The van der Waals surface area contributed by atoms with Crippen LogP contribution < -0.4 is 5.32 Å². The number of carbonyl (C=O) groups is 1. The number of nitrogens with one attached hydrogen (secondary N) is 1. The van der Waals surface area contributed by atoms with Gasteiger partial charge >= 0.3 is 13.2 Å². The lowest BCUT2D eigenvalue weighted by atomic mass is 9.43. The van der Waals surface area contributed by atoms with Crippen LogP contribution in [-0.4, -0.2) is 37.0 Å². The number of hydrogen-bond donors (Lipinski definition) is 1. The first kappa shape index (κ1) is 21.3. The van der Waals surface area contributed by atoms with Crippen LogP contribution in [0.4, 0.5) is 4.79 Å². The van der Waals surface area contributed by atoms with Crippen LogP contribution >= 0.6 is 0 Å². The maximum atomic E-state index is 12.8. The third-order valence-electron chi connectivity index (χ3n) is 8.72. The Bertz CT molecular complexity index is 796. The van der Waals surface area contributed by atoms with Crippen LogP contribution in [0.3, 0.4) is 0 Å². The molecule has 0 aromatic heterocycles. The molecule has 1 aromatic rings. The molecule has 2 bridgehead atoms. The Morgan fingerprint density at radius 1 is 1.16 bits per heavy atom. The lowest BCUT2D eigenvalue weighted by Crippen LogP contribution is -2.65. The molecule has 1 aliphatic heterocycles. The molecule has 0 unspecified atom stereocenters. The molecular formula is C25H36BNO4. The fourth-order valence-corrected chi connectivity index (χ4v) is 6.67. The van der Waals surface area contributed by atoms with Crippen molar-refractivity contribution < 1.29 is 18.8 Å². The summed E-state index contributed by atoms with van der Waals surface area (Å²) in [7, 11) is -0.454. The van der Waals surface area contributed by atoms with Crippen molar-refractivity contribution >= 4 is 13.2 Å². The Kier molecular flexibility index (Phi) is 5.58. The molecule has 5 atom stereocenters. The summed E-state index contributed by atoms with van der Waals surface area (Å²) < 4.78 is 18.9.